The molecule has 0 N–H and O–H groups in total. The van der Waals surface area contributed by atoms with Crippen LogP contribution >= 0.6 is 0 Å². The molecule has 0 aliphatic heterocycles. The van der Waals surface area contributed by atoms with Crippen LogP contribution in [0.2, 0.25) is 0 Å². The molecule has 6 heteroatoms. The number of hydrogen-bond acceptors (Lipinski definition) is 5. The molecule has 1 aromatic heterocycles. The Morgan fingerprint density at radius 2 is 2.31 bits per heavy atom. The van der Waals surface area contributed by atoms with Crippen molar-refractivity contribution in [1.82, 2.24) is 4.98 Å². The number of aliphatic imine (C=N–C) groups is 1. The topological polar surface area (TPSA) is 75.3 Å². The average molecular weight is 221 g/mol. The van der Waals surface area contributed by atoms with Gasteiger partial charge in [0.2, 0.25) is 11.7 Å². The predicted molar refractivity (Wildman–Crippen MR) is 54.0 cm³/mol. The molecule has 1 aromatic rings. The molecular formula is C10H8FN3O2. The van der Waals surface area contributed by atoms with Gasteiger partial charge in [0.1, 0.15) is 6.07 Å². The molecule has 0 bridgehead atoms. The number of ether oxygens (including phenoxy) is 1. The number of nitriles is 1. The second-order valence-corrected chi connectivity index (χ2v) is 2.70. The zero-order valence-corrected chi connectivity index (χ0v) is 8.69. The molecule has 1 rings (SSSR count). The van der Waals surface area contributed by atoms with Gasteiger partial charge in [0.15, 0.2) is 17.2 Å². The van der Waals surface area contributed by atoms with Crippen LogP contribution in [0.3, 0.4) is 0 Å². The first-order valence-corrected chi connectivity index (χ1v) is 4.26. The van der Waals surface area contributed by atoms with Crippen molar-refractivity contribution < 1.29 is 13.9 Å². The number of Topliss-reactive ketones (excluding diaryl/α,β-unsaturated/α-hetero) is 1. The van der Waals surface area contributed by atoms with Crippen molar-refractivity contribution in [2.45, 2.75) is 0 Å². The van der Waals surface area contributed by atoms with E-state index in [0.717, 1.165) is 6.07 Å². The maximum absolute atomic E-state index is 13.3. The van der Waals surface area contributed by atoms with E-state index in [-0.39, 0.29) is 5.88 Å². The van der Waals surface area contributed by atoms with E-state index in [2.05, 4.69) is 9.98 Å². The summed E-state index contributed by atoms with van der Waals surface area (Å²) in [6, 6.07) is 3.89. The van der Waals surface area contributed by atoms with Gasteiger partial charge < -0.3 is 4.74 Å². The summed E-state index contributed by atoms with van der Waals surface area (Å²) in [4.78, 5) is 18.7. The third-order valence-corrected chi connectivity index (χ3v) is 1.79. The molecule has 0 radical (unpaired) electrons. The lowest BCUT2D eigenvalue weighted by Gasteiger charge is -2.02. The summed E-state index contributed by atoms with van der Waals surface area (Å²) < 4.78 is 18.0. The maximum atomic E-state index is 13.3. The first-order chi connectivity index (χ1) is 7.63. The highest BCUT2D eigenvalue weighted by Crippen LogP contribution is 2.12. The second-order valence-electron chi connectivity index (χ2n) is 2.70. The fourth-order valence-electron chi connectivity index (χ4n) is 1.01. The molecule has 0 saturated carbocycles. The summed E-state index contributed by atoms with van der Waals surface area (Å²) in [6.45, 7) is 0. The lowest BCUT2D eigenvalue weighted by Crippen LogP contribution is -2.16. The number of pyridine rings is 1. The number of carbonyl (C=O) groups excluding carboxylic acids is 1. The van der Waals surface area contributed by atoms with Gasteiger partial charge in [-0.15, -0.1) is 0 Å². The Balaban J connectivity index is 3.23. The van der Waals surface area contributed by atoms with Gasteiger partial charge in [-0.05, 0) is 6.07 Å². The van der Waals surface area contributed by atoms with Crippen molar-refractivity contribution in [3.05, 3.63) is 23.6 Å². The SMILES string of the molecule is C/N=C(\C#N)C(=O)c1nc(OC)ccc1F. The Labute approximate surface area is 91.2 Å². The summed E-state index contributed by atoms with van der Waals surface area (Å²) in [6.07, 6.45) is 0. The first-order valence-electron chi connectivity index (χ1n) is 4.26. The van der Waals surface area contributed by atoms with E-state index in [1.165, 1.54) is 20.2 Å². The summed E-state index contributed by atoms with van der Waals surface area (Å²) in [5.74, 6) is -1.58. The molecule has 5 nitrogen and oxygen atoms in total. The normalized spacial score (nSPS) is 10.8. The highest BCUT2D eigenvalue weighted by Gasteiger charge is 2.19. The Hall–Kier alpha value is -2.29. The summed E-state index contributed by atoms with van der Waals surface area (Å²) in [5.41, 5.74) is -0.874. The number of nitrogens with zero attached hydrogens (tertiary/aromatic N) is 3. The molecule has 0 atom stereocenters. The number of halogens is 1. The van der Waals surface area contributed by atoms with Crippen molar-refractivity contribution in [1.29, 1.82) is 5.26 Å². The average Bonchev–Trinajstić information content (AvgIpc) is 2.31. The third kappa shape index (κ3) is 2.20. The van der Waals surface area contributed by atoms with Gasteiger partial charge in [-0.2, -0.15) is 5.26 Å². The van der Waals surface area contributed by atoms with Gasteiger partial charge in [-0.25, -0.2) is 9.37 Å². The Morgan fingerprint density at radius 1 is 1.62 bits per heavy atom. The quantitative estimate of drug-likeness (QED) is 0.563. The number of ketones is 1. The second kappa shape index (κ2) is 4.98. The van der Waals surface area contributed by atoms with E-state index in [9.17, 15) is 9.18 Å². The molecule has 0 aliphatic carbocycles. The standard InChI is InChI=1S/C10H8FN3O2/c1-13-7(5-12)10(15)9-6(11)3-4-8(14-9)16-2/h3-4H,1-2H3/b13-7+. The van der Waals surface area contributed by atoms with Gasteiger partial charge >= 0.3 is 0 Å². The lowest BCUT2D eigenvalue weighted by molar-refractivity contribution is 0.105. The van der Waals surface area contributed by atoms with Crippen LogP contribution < -0.4 is 4.74 Å². The Bertz CT molecular complexity index is 491. The number of carbonyl (C=O) groups is 1. The molecule has 0 spiro atoms. The van der Waals surface area contributed by atoms with Gasteiger partial charge in [-0.1, -0.05) is 0 Å². The van der Waals surface area contributed by atoms with Crippen LogP contribution in [0.25, 0.3) is 0 Å². The van der Waals surface area contributed by atoms with Crippen LogP contribution in [0.4, 0.5) is 4.39 Å². The van der Waals surface area contributed by atoms with Crippen molar-refractivity contribution in [3.63, 3.8) is 0 Å². The molecule has 1 heterocycles. The van der Waals surface area contributed by atoms with Gasteiger partial charge in [0.05, 0.1) is 7.11 Å². The van der Waals surface area contributed by atoms with E-state index in [4.69, 9.17) is 10.00 Å². The van der Waals surface area contributed by atoms with Crippen LogP contribution in [0.5, 0.6) is 5.88 Å². The molecule has 0 amide bonds. The van der Waals surface area contributed by atoms with Crippen LogP contribution in [0.15, 0.2) is 17.1 Å². The Morgan fingerprint density at radius 3 is 2.81 bits per heavy atom. The predicted octanol–water partition coefficient (Wildman–Crippen LogP) is 1.01. The monoisotopic (exact) mass is 221 g/mol. The van der Waals surface area contributed by atoms with Crippen molar-refractivity contribution in [2.75, 3.05) is 14.2 Å². The van der Waals surface area contributed by atoms with E-state index >= 15 is 0 Å². The fourth-order valence-corrected chi connectivity index (χ4v) is 1.01. The molecule has 0 saturated heterocycles. The number of rotatable bonds is 3. The molecular weight excluding hydrogens is 213 g/mol. The summed E-state index contributed by atoms with van der Waals surface area (Å²) in [5, 5.41) is 8.59. The van der Waals surface area contributed by atoms with E-state index in [1.807, 2.05) is 0 Å². The minimum Gasteiger partial charge on any atom is -0.481 e. The van der Waals surface area contributed by atoms with Gasteiger partial charge in [0, 0.05) is 13.1 Å². The number of hydrogen-bond donors (Lipinski definition) is 0. The van der Waals surface area contributed by atoms with Crippen LogP contribution in [0, 0.1) is 17.1 Å². The highest BCUT2D eigenvalue weighted by atomic mass is 19.1. The van der Waals surface area contributed by atoms with Crippen molar-refractivity contribution >= 4 is 11.5 Å². The minimum atomic E-state index is -0.860. The van der Waals surface area contributed by atoms with Crippen LogP contribution in [-0.4, -0.2) is 30.6 Å². The lowest BCUT2D eigenvalue weighted by atomic mass is 10.1. The first kappa shape index (κ1) is 11.8. The van der Waals surface area contributed by atoms with Crippen LogP contribution in [0.1, 0.15) is 10.5 Å². The smallest absolute Gasteiger partial charge is 0.243 e. The minimum absolute atomic E-state index is 0.0955. The molecule has 82 valence electrons. The molecule has 0 aromatic carbocycles. The highest BCUT2D eigenvalue weighted by molar-refractivity contribution is 6.50. The van der Waals surface area contributed by atoms with E-state index in [0.29, 0.717) is 0 Å². The van der Waals surface area contributed by atoms with Gasteiger partial charge in [-0.3, -0.25) is 9.79 Å². The number of methoxy groups -OCH3 is 1. The Kier molecular flexibility index (Phi) is 3.67. The van der Waals surface area contributed by atoms with Crippen molar-refractivity contribution in [2.24, 2.45) is 4.99 Å². The molecule has 16 heavy (non-hydrogen) atoms. The van der Waals surface area contributed by atoms with E-state index in [1.54, 1.807) is 6.07 Å². The molecule has 0 unspecified atom stereocenters. The zero-order valence-electron chi connectivity index (χ0n) is 8.69. The van der Waals surface area contributed by atoms with Gasteiger partial charge in [0.25, 0.3) is 0 Å². The van der Waals surface area contributed by atoms with Crippen molar-refractivity contribution in [3.8, 4) is 11.9 Å². The van der Waals surface area contributed by atoms with E-state index < -0.39 is 23.0 Å². The summed E-state index contributed by atoms with van der Waals surface area (Å²) in [7, 11) is 2.61. The fraction of sp³-hybridized carbons (Fsp3) is 0.200. The largest absolute Gasteiger partial charge is 0.481 e. The summed E-state index contributed by atoms with van der Waals surface area (Å²) >= 11 is 0. The maximum Gasteiger partial charge on any atom is 0.243 e. The molecule has 0 fully saturated rings. The number of aromatic nitrogens is 1. The molecule has 0 aliphatic rings. The zero-order chi connectivity index (χ0) is 12.1. The third-order valence-electron chi connectivity index (χ3n) is 1.79. The van der Waals surface area contributed by atoms with Crippen LogP contribution in [-0.2, 0) is 0 Å².